The van der Waals surface area contributed by atoms with Crippen LogP contribution in [0.4, 0.5) is 0 Å². The van der Waals surface area contributed by atoms with Crippen molar-refractivity contribution in [2.24, 2.45) is 0 Å². The Morgan fingerprint density at radius 1 is 1.50 bits per heavy atom. The molecule has 0 amide bonds. The van der Waals surface area contributed by atoms with Gasteiger partial charge < -0.3 is 9.47 Å². The predicted octanol–water partition coefficient (Wildman–Crippen LogP) is 3.03. The average Bonchev–Trinajstić information content (AvgIpc) is 2.62. The Morgan fingerprint density at radius 3 is 3.07 bits per heavy atom. The summed E-state index contributed by atoms with van der Waals surface area (Å²) in [5, 5.41) is 0. The minimum absolute atomic E-state index is 0.152. The van der Waals surface area contributed by atoms with Crippen molar-refractivity contribution in [2.45, 2.75) is 39.3 Å². The monoisotopic (exact) mass is 192 g/mol. The SMILES string of the molecule is CCC(C)OC1OCc2ccccc21. The fourth-order valence-electron chi connectivity index (χ4n) is 1.57. The first-order chi connectivity index (χ1) is 6.81. The van der Waals surface area contributed by atoms with E-state index in [9.17, 15) is 0 Å². The highest BCUT2D eigenvalue weighted by Crippen LogP contribution is 2.32. The number of benzene rings is 1. The normalized spacial score (nSPS) is 22.0. The molecule has 0 aliphatic carbocycles. The van der Waals surface area contributed by atoms with E-state index < -0.39 is 0 Å². The van der Waals surface area contributed by atoms with E-state index >= 15 is 0 Å². The number of hydrogen-bond acceptors (Lipinski definition) is 2. The molecular formula is C12H16O2. The van der Waals surface area contributed by atoms with E-state index in [1.54, 1.807) is 0 Å². The molecule has 2 rings (SSSR count). The van der Waals surface area contributed by atoms with Gasteiger partial charge in [-0.1, -0.05) is 31.2 Å². The molecule has 0 radical (unpaired) electrons. The van der Waals surface area contributed by atoms with Crippen LogP contribution in [0.1, 0.15) is 37.7 Å². The quantitative estimate of drug-likeness (QED) is 0.732. The number of hydrogen-bond donors (Lipinski definition) is 0. The number of rotatable bonds is 3. The smallest absolute Gasteiger partial charge is 0.184 e. The Labute approximate surface area is 84.8 Å². The number of ether oxygens (including phenoxy) is 2. The van der Waals surface area contributed by atoms with Gasteiger partial charge in [0.25, 0.3) is 0 Å². The molecule has 2 unspecified atom stereocenters. The molecule has 1 aromatic carbocycles. The van der Waals surface area contributed by atoms with Gasteiger partial charge in [-0.3, -0.25) is 0 Å². The van der Waals surface area contributed by atoms with Crippen LogP contribution in [0.15, 0.2) is 24.3 Å². The first-order valence-electron chi connectivity index (χ1n) is 5.16. The van der Waals surface area contributed by atoms with Gasteiger partial charge in [-0.25, -0.2) is 0 Å². The molecular weight excluding hydrogens is 176 g/mol. The summed E-state index contributed by atoms with van der Waals surface area (Å²) >= 11 is 0. The van der Waals surface area contributed by atoms with Crippen LogP contribution in [0.2, 0.25) is 0 Å². The van der Waals surface area contributed by atoms with Gasteiger partial charge >= 0.3 is 0 Å². The van der Waals surface area contributed by atoms with E-state index in [1.165, 1.54) is 11.1 Å². The van der Waals surface area contributed by atoms with Crippen molar-refractivity contribution in [1.82, 2.24) is 0 Å². The van der Waals surface area contributed by atoms with E-state index in [1.807, 2.05) is 12.1 Å². The van der Waals surface area contributed by atoms with Crippen LogP contribution in [-0.2, 0) is 16.1 Å². The zero-order chi connectivity index (χ0) is 9.97. The summed E-state index contributed by atoms with van der Waals surface area (Å²) in [5.74, 6) is 0. The fourth-order valence-corrected chi connectivity index (χ4v) is 1.57. The molecule has 0 saturated heterocycles. The van der Waals surface area contributed by atoms with Gasteiger partial charge in [0.15, 0.2) is 6.29 Å². The third-order valence-corrected chi connectivity index (χ3v) is 2.63. The van der Waals surface area contributed by atoms with Crippen molar-refractivity contribution in [1.29, 1.82) is 0 Å². The van der Waals surface area contributed by atoms with Crippen LogP contribution in [0.25, 0.3) is 0 Å². The number of fused-ring (bicyclic) bond motifs is 1. The molecule has 2 nitrogen and oxygen atoms in total. The van der Waals surface area contributed by atoms with Crippen molar-refractivity contribution in [3.05, 3.63) is 35.4 Å². The van der Waals surface area contributed by atoms with Crippen molar-refractivity contribution in [3.8, 4) is 0 Å². The van der Waals surface area contributed by atoms with Gasteiger partial charge in [0, 0.05) is 5.56 Å². The highest BCUT2D eigenvalue weighted by Gasteiger charge is 2.24. The minimum Gasteiger partial charge on any atom is -0.345 e. The van der Waals surface area contributed by atoms with Crippen LogP contribution in [-0.4, -0.2) is 6.10 Å². The van der Waals surface area contributed by atoms with E-state index in [-0.39, 0.29) is 12.4 Å². The highest BCUT2D eigenvalue weighted by atomic mass is 16.7. The summed E-state index contributed by atoms with van der Waals surface area (Å²) in [7, 11) is 0. The van der Waals surface area contributed by atoms with Gasteiger partial charge in [-0.15, -0.1) is 0 Å². The molecule has 2 atom stereocenters. The second-order valence-corrected chi connectivity index (χ2v) is 3.70. The Morgan fingerprint density at radius 2 is 2.29 bits per heavy atom. The topological polar surface area (TPSA) is 18.5 Å². The molecule has 76 valence electrons. The summed E-state index contributed by atoms with van der Waals surface area (Å²) in [6.07, 6.45) is 1.12. The molecule has 0 fully saturated rings. The van der Waals surface area contributed by atoms with Gasteiger partial charge in [0.1, 0.15) is 0 Å². The third kappa shape index (κ3) is 1.81. The molecule has 0 spiro atoms. The molecule has 2 heteroatoms. The predicted molar refractivity (Wildman–Crippen MR) is 54.8 cm³/mol. The summed E-state index contributed by atoms with van der Waals surface area (Å²) < 4.78 is 11.3. The zero-order valence-corrected chi connectivity index (χ0v) is 8.69. The van der Waals surface area contributed by atoms with Crippen LogP contribution < -0.4 is 0 Å². The Hall–Kier alpha value is -0.860. The maximum Gasteiger partial charge on any atom is 0.184 e. The van der Waals surface area contributed by atoms with Crippen LogP contribution in [0, 0.1) is 0 Å². The van der Waals surface area contributed by atoms with Gasteiger partial charge in [-0.2, -0.15) is 0 Å². The van der Waals surface area contributed by atoms with E-state index in [0.717, 1.165) is 6.42 Å². The first kappa shape index (κ1) is 9.69. The Bertz CT molecular complexity index is 309. The van der Waals surface area contributed by atoms with Crippen molar-refractivity contribution < 1.29 is 9.47 Å². The summed E-state index contributed by atoms with van der Waals surface area (Å²) in [6, 6.07) is 8.24. The second-order valence-electron chi connectivity index (χ2n) is 3.70. The molecule has 0 saturated carbocycles. The molecule has 0 N–H and O–H groups in total. The van der Waals surface area contributed by atoms with Crippen molar-refractivity contribution in [2.75, 3.05) is 0 Å². The van der Waals surface area contributed by atoms with Gasteiger partial charge in [0.05, 0.1) is 12.7 Å². The van der Waals surface area contributed by atoms with Gasteiger partial charge in [0.2, 0.25) is 0 Å². The van der Waals surface area contributed by atoms with Crippen LogP contribution in [0.3, 0.4) is 0 Å². The molecule has 1 heterocycles. The minimum atomic E-state index is -0.152. The standard InChI is InChI=1S/C12H16O2/c1-3-9(2)14-12-11-7-5-4-6-10(11)8-13-12/h4-7,9,12H,3,8H2,1-2H3. The maximum atomic E-state index is 5.76. The van der Waals surface area contributed by atoms with E-state index in [2.05, 4.69) is 26.0 Å². The molecule has 1 aromatic rings. The Balaban J connectivity index is 2.10. The molecule has 1 aliphatic rings. The van der Waals surface area contributed by atoms with E-state index in [4.69, 9.17) is 9.47 Å². The summed E-state index contributed by atoms with van der Waals surface area (Å²) in [5.41, 5.74) is 2.44. The lowest BCUT2D eigenvalue weighted by atomic mass is 10.1. The first-order valence-corrected chi connectivity index (χ1v) is 5.16. The lowest BCUT2D eigenvalue weighted by Gasteiger charge is -2.17. The fraction of sp³-hybridized carbons (Fsp3) is 0.500. The summed E-state index contributed by atoms with van der Waals surface area (Å²) in [6.45, 7) is 4.87. The van der Waals surface area contributed by atoms with E-state index in [0.29, 0.717) is 6.61 Å². The maximum absolute atomic E-state index is 5.76. The lowest BCUT2D eigenvalue weighted by molar-refractivity contribution is -0.164. The van der Waals surface area contributed by atoms with Crippen molar-refractivity contribution in [3.63, 3.8) is 0 Å². The molecule has 0 bridgehead atoms. The summed E-state index contributed by atoms with van der Waals surface area (Å²) in [4.78, 5) is 0. The molecule has 1 aliphatic heterocycles. The van der Waals surface area contributed by atoms with Crippen LogP contribution in [0.5, 0.6) is 0 Å². The molecule has 0 aromatic heterocycles. The van der Waals surface area contributed by atoms with Crippen LogP contribution >= 0.6 is 0 Å². The molecule has 14 heavy (non-hydrogen) atoms. The highest BCUT2D eigenvalue weighted by molar-refractivity contribution is 5.30. The van der Waals surface area contributed by atoms with Crippen molar-refractivity contribution >= 4 is 0 Å². The third-order valence-electron chi connectivity index (χ3n) is 2.63. The zero-order valence-electron chi connectivity index (χ0n) is 8.69. The Kier molecular flexibility index (Phi) is 2.85. The lowest BCUT2D eigenvalue weighted by Crippen LogP contribution is -2.11. The average molecular weight is 192 g/mol. The second kappa shape index (κ2) is 4.11. The largest absolute Gasteiger partial charge is 0.345 e. The van der Waals surface area contributed by atoms with Gasteiger partial charge in [-0.05, 0) is 18.9 Å².